The average Bonchev–Trinajstić information content (AvgIpc) is 2.37. The van der Waals surface area contributed by atoms with Crippen molar-refractivity contribution in [2.75, 3.05) is 19.4 Å². The zero-order valence-corrected chi connectivity index (χ0v) is 12.1. The quantitative estimate of drug-likeness (QED) is 0.669. The van der Waals surface area contributed by atoms with E-state index in [4.69, 9.17) is 10.5 Å². The van der Waals surface area contributed by atoms with E-state index in [-0.39, 0.29) is 17.2 Å². The number of benzene rings is 1. The summed E-state index contributed by atoms with van der Waals surface area (Å²) in [5.41, 5.74) is 4.82. The van der Waals surface area contributed by atoms with Gasteiger partial charge in [-0.05, 0) is 31.5 Å². The van der Waals surface area contributed by atoms with E-state index in [9.17, 15) is 13.5 Å². The van der Waals surface area contributed by atoms with Crippen molar-refractivity contribution in [3.8, 4) is 5.75 Å². The molecule has 0 amide bonds. The Hall–Kier alpha value is -1.31. The molecule has 7 heteroatoms. The minimum atomic E-state index is -3.78. The molecule has 0 spiro atoms. The number of ether oxygens (including phenoxy) is 1. The van der Waals surface area contributed by atoms with E-state index in [1.807, 2.05) is 0 Å². The van der Waals surface area contributed by atoms with Gasteiger partial charge in [0.1, 0.15) is 10.6 Å². The number of nitrogens with one attached hydrogen (secondary N) is 1. The molecule has 108 valence electrons. The Morgan fingerprint density at radius 3 is 2.63 bits per heavy atom. The molecule has 0 aliphatic carbocycles. The molecule has 4 N–H and O–H groups in total. The lowest BCUT2D eigenvalue weighted by atomic mass is 10.1. The summed E-state index contributed by atoms with van der Waals surface area (Å²) in [5.74, 6) is 0.206. The maximum atomic E-state index is 12.2. The summed E-state index contributed by atoms with van der Waals surface area (Å²) in [6.45, 7) is 3.26. The summed E-state index contributed by atoms with van der Waals surface area (Å²) < 4.78 is 31.7. The highest BCUT2D eigenvalue weighted by Crippen LogP contribution is 2.25. The third-order valence-electron chi connectivity index (χ3n) is 2.88. The smallest absolute Gasteiger partial charge is 0.244 e. The van der Waals surface area contributed by atoms with Gasteiger partial charge in [0.15, 0.2) is 0 Å². The van der Waals surface area contributed by atoms with Crippen LogP contribution in [0.1, 0.15) is 20.3 Å². The normalized spacial score (nSPS) is 14.9. The van der Waals surface area contributed by atoms with E-state index in [1.54, 1.807) is 19.9 Å². The van der Waals surface area contributed by atoms with Gasteiger partial charge >= 0.3 is 0 Å². The topological polar surface area (TPSA) is 102 Å². The van der Waals surface area contributed by atoms with Crippen molar-refractivity contribution >= 4 is 15.7 Å². The molecule has 1 unspecified atom stereocenters. The van der Waals surface area contributed by atoms with Crippen molar-refractivity contribution in [1.82, 2.24) is 4.72 Å². The summed E-state index contributed by atoms with van der Waals surface area (Å²) in [6, 6.07) is 4.36. The number of nitrogen functional groups attached to an aromatic ring is 1. The van der Waals surface area contributed by atoms with Crippen molar-refractivity contribution in [3.05, 3.63) is 18.2 Å². The van der Waals surface area contributed by atoms with Gasteiger partial charge in [-0.15, -0.1) is 0 Å². The molecule has 1 aromatic carbocycles. The van der Waals surface area contributed by atoms with E-state index >= 15 is 0 Å². The number of hydrogen-bond acceptors (Lipinski definition) is 5. The highest BCUT2D eigenvalue weighted by atomic mass is 32.2. The predicted octanol–water partition coefficient (Wildman–Crippen LogP) is 0.717. The Labute approximate surface area is 113 Å². The van der Waals surface area contributed by atoms with Gasteiger partial charge in [-0.1, -0.05) is 6.92 Å². The van der Waals surface area contributed by atoms with Crippen LogP contribution in [0, 0.1) is 0 Å². The Morgan fingerprint density at radius 1 is 1.47 bits per heavy atom. The highest BCUT2D eigenvalue weighted by Gasteiger charge is 2.24. The molecule has 1 aromatic rings. The van der Waals surface area contributed by atoms with Crippen molar-refractivity contribution in [2.45, 2.75) is 30.8 Å². The fraction of sp³-hybridized carbons (Fsp3) is 0.500. The maximum absolute atomic E-state index is 12.2. The molecule has 19 heavy (non-hydrogen) atoms. The van der Waals surface area contributed by atoms with E-state index in [0.717, 1.165) is 0 Å². The number of aliphatic hydroxyl groups is 1. The summed E-state index contributed by atoms with van der Waals surface area (Å²) in [6.07, 6.45) is 0.434. The minimum absolute atomic E-state index is 0.0399. The van der Waals surface area contributed by atoms with Crippen LogP contribution in [0.3, 0.4) is 0 Å². The molecular formula is C12H20N2O4S. The van der Waals surface area contributed by atoms with Crippen LogP contribution in [0.2, 0.25) is 0 Å². The second-order valence-electron chi connectivity index (χ2n) is 4.59. The van der Waals surface area contributed by atoms with E-state index < -0.39 is 15.6 Å². The first-order valence-electron chi connectivity index (χ1n) is 5.87. The third kappa shape index (κ3) is 4.09. The minimum Gasteiger partial charge on any atom is -0.495 e. The van der Waals surface area contributed by atoms with Crippen molar-refractivity contribution < 1.29 is 18.3 Å². The molecule has 0 heterocycles. The number of nitrogens with two attached hydrogens (primary N) is 1. The molecule has 0 aliphatic rings. The zero-order chi connectivity index (χ0) is 14.7. The summed E-state index contributed by atoms with van der Waals surface area (Å²) >= 11 is 0. The lowest BCUT2D eigenvalue weighted by Crippen LogP contribution is -2.40. The number of rotatable bonds is 6. The molecule has 0 saturated carbocycles. The molecule has 0 aromatic heterocycles. The summed E-state index contributed by atoms with van der Waals surface area (Å²) in [4.78, 5) is -0.0399. The highest BCUT2D eigenvalue weighted by molar-refractivity contribution is 7.89. The van der Waals surface area contributed by atoms with Crippen LogP contribution in [-0.4, -0.2) is 32.8 Å². The lowest BCUT2D eigenvalue weighted by molar-refractivity contribution is 0.0613. The monoisotopic (exact) mass is 288 g/mol. The Balaban J connectivity index is 3.04. The Bertz CT molecular complexity index is 541. The number of hydrogen-bond donors (Lipinski definition) is 3. The first kappa shape index (κ1) is 15.7. The molecule has 0 aliphatic heterocycles. The average molecular weight is 288 g/mol. The Kier molecular flexibility index (Phi) is 4.78. The standard InChI is InChI=1S/C12H20N2O4S/c1-4-12(2,15)8-14-19(16,17)11-7-9(13)5-6-10(11)18-3/h5-7,14-15H,4,8,13H2,1-3H3. The lowest BCUT2D eigenvalue weighted by Gasteiger charge is -2.22. The van der Waals surface area contributed by atoms with Crippen LogP contribution in [0.25, 0.3) is 0 Å². The summed E-state index contributed by atoms with van der Waals surface area (Å²) in [7, 11) is -2.40. The van der Waals surface area contributed by atoms with Gasteiger partial charge in [-0.2, -0.15) is 0 Å². The van der Waals surface area contributed by atoms with Crippen LogP contribution >= 0.6 is 0 Å². The van der Waals surface area contributed by atoms with Crippen LogP contribution in [0.5, 0.6) is 5.75 Å². The van der Waals surface area contributed by atoms with Crippen molar-refractivity contribution in [3.63, 3.8) is 0 Å². The zero-order valence-electron chi connectivity index (χ0n) is 11.3. The van der Waals surface area contributed by atoms with Gasteiger partial charge in [0.05, 0.1) is 12.7 Å². The van der Waals surface area contributed by atoms with Crippen LogP contribution < -0.4 is 15.2 Å². The molecular weight excluding hydrogens is 268 g/mol. The van der Waals surface area contributed by atoms with Crippen molar-refractivity contribution in [2.24, 2.45) is 0 Å². The van der Waals surface area contributed by atoms with Gasteiger partial charge in [-0.3, -0.25) is 0 Å². The maximum Gasteiger partial charge on any atom is 0.244 e. The van der Waals surface area contributed by atoms with Crippen LogP contribution in [0.15, 0.2) is 23.1 Å². The Morgan fingerprint density at radius 2 is 2.11 bits per heavy atom. The molecule has 0 saturated heterocycles. The van der Waals surface area contributed by atoms with E-state index in [1.165, 1.54) is 19.2 Å². The predicted molar refractivity (Wildman–Crippen MR) is 73.5 cm³/mol. The SMILES string of the molecule is CCC(C)(O)CNS(=O)(=O)c1cc(N)ccc1OC. The molecule has 1 rings (SSSR count). The molecule has 0 radical (unpaired) electrons. The fourth-order valence-corrected chi connectivity index (χ4v) is 2.72. The molecule has 1 atom stereocenters. The van der Waals surface area contributed by atoms with Gasteiger partial charge in [0.2, 0.25) is 10.0 Å². The second kappa shape index (κ2) is 5.77. The van der Waals surface area contributed by atoms with Gasteiger partial charge in [0.25, 0.3) is 0 Å². The first-order chi connectivity index (χ1) is 8.72. The third-order valence-corrected chi connectivity index (χ3v) is 4.30. The van der Waals surface area contributed by atoms with Gasteiger partial charge in [-0.25, -0.2) is 13.1 Å². The molecule has 6 nitrogen and oxygen atoms in total. The van der Waals surface area contributed by atoms with Crippen LogP contribution in [0.4, 0.5) is 5.69 Å². The second-order valence-corrected chi connectivity index (χ2v) is 6.32. The number of methoxy groups -OCH3 is 1. The van der Waals surface area contributed by atoms with Gasteiger partial charge < -0.3 is 15.6 Å². The van der Waals surface area contributed by atoms with Crippen LogP contribution in [-0.2, 0) is 10.0 Å². The number of anilines is 1. The molecule has 0 bridgehead atoms. The summed E-state index contributed by atoms with van der Waals surface area (Å²) in [5, 5.41) is 9.83. The largest absolute Gasteiger partial charge is 0.495 e. The van der Waals surface area contributed by atoms with Crippen molar-refractivity contribution in [1.29, 1.82) is 0 Å². The van der Waals surface area contributed by atoms with E-state index in [2.05, 4.69) is 4.72 Å². The first-order valence-corrected chi connectivity index (χ1v) is 7.36. The van der Waals surface area contributed by atoms with E-state index in [0.29, 0.717) is 12.1 Å². The fourth-order valence-electron chi connectivity index (χ4n) is 1.36. The molecule has 0 fully saturated rings. The van der Waals surface area contributed by atoms with Gasteiger partial charge in [0, 0.05) is 12.2 Å². The number of sulfonamides is 1.